The van der Waals surface area contributed by atoms with Gasteiger partial charge < -0.3 is 0 Å². The second-order valence-electron chi connectivity index (χ2n) is 5.06. The Kier molecular flexibility index (Phi) is 3.73. The van der Waals surface area contributed by atoms with Gasteiger partial charge in [-0.15, -0.1) is 0 Å². The van der Waals surface area contributed by atoms with E-state index in [4.69, 9.17) is 11.6 Å². The maximum Gasteiger partial charge on any atom is 0.244 e. The van der Waals surface area contributed by atoms with Gasteiger partial charge in [0.25, 0.3) is 0 Å². The predicted molar refractivity (Wildman–Crippen MR) is 81.7 cm³/mol. The van der Waals surface area contributed by atoms with Crippen molar-refractivity contribution in [3.63, 3.8) is 0 Å². The third-order valence-corrected chi connectivity index (χ3v) is 6.02. The van der Waals surface area contributed by atoms with Crippen LogP contribution in [0.15, 0.2) is 47.4 Å². The summed E-state index contributed by atoms with van der Waals surface area (Å²) < 4.78 is 27.0. The number of carbonyl (C=O) groups excluding carboxylic acids is 1. The first-order valence-corrected chi connectivity index (χ1v) is 8.52. The quantitative estimate of drug-likeness (QED) is 0.816. The van der Waals surface area contributed by atoms with Gasteiger partial charge in [-0.05, 0) is 35.9 Å². The van der Waals surface area contributed by atoms with Crippen LogP contribution in [0.1, 0.15) is 12.8 Å². The monoisotopic (exact) mass is 323 g/mol. The third-order valence-electron chi connectivity index (χ3n) is 3.80. The first-order valence-electron chi connectivity index (χ1n) is 6.71. The molecular weight excluding hydrogens is 310 g/mol. The fraction of sp³-hybridized carbons (Fsp3) is 0.267. The third kappa shape index (κ3) is 2.46. The number of fused-ring (bicyclic) bond motifs is 1. The molecule has 3 rings (SSSR count). The highest BCUT2D eigenvalue weighted by Crippen LogP contribution is 2.31. The summed E-state index contributed by atoms with van der Waals surface area (Å²) in [6, 6.07) is 11.7. The molecule has 110 valence electrons. The van der Waals surface area contributed by atoms with Crippen LogP contribution in [-0.2, 0) is 14.8 Å². The van der Waals surface area contributed by atoms with Crippen molar-refractivity contribution >= 4 is 37.6 Å². The average molecular weight is 324 g/mol. The number of carbonyl (C=O) groups is 1. The lowest BCUT2D eigenvalue weighted by molar-refractivity contribution is -0.114. The molecule has 0 amide bonds. The van der Waals surface area contributed by atoms with Crippen molar-refractivity contribution in [2.24, 2.45) is 0 Å². The van der Waals surface area contributed by atoms with Gasteiger partial charge in [-0.3, -0.25) is 4.79 Å². The maximum atomic E-state index is 12.9. The Bertz CT molecular complexity index is 798. The summed E-state index contributed by atoms with van der Waals surface area (Å²) in [5.74, 6) is 0. The van der Waals surface area contributed by atoms with Gasteiger partial charge in [-0.25, -0.2) is 8.42 Å². The minimum Gasteiger partial charge on any atom is -0.279 e. The lowest BCUT2D eigenvalue weighted by Gasteiger charge is -2.22. The Morgan fingerprint density at radius 3 is 2.62 bits per heavy atom. The van der Waals surface area contributed by atoms with Gasteiger partial charge in [0.15, 0.2) is 0 Å². The minimum absolute atomic E-state index is 0.227. The van der Waals surface area contributed by atoms with Gasteiger partial charge in [-0.1, -0.05) is 36.4 Å². The molecule has 0 bridgehead atoms. The molecule has 0 saturated carbocycles. The molecule has 0 N–H and O–H groups in total. The summed E-state index contributed by atoms with van der Waals surface area (Å²) in [5.41, 5.74) is 0. The lowest BCUT2D eigenvalue weighted by Crippen LogP contribution is -2.38. The van der Waals surface area contributed by atoms with E-state index in [1.165, 1.54) is 4.31 Å². The molecule has 0 unspecified atom stereocenters. The molecule has 4 nitrogen and oxygen atoms in total. The SMILES string of the molecule is O=C(Cl)[C@@H]1CCCN1S(=O)(=O)c1cccc2ccccc12. The van der Waals surface area contributed by atoms with Crippen LogP contribution in [0.3, 0.4) is 0 Å². The molecule has 6 heteroatoms. The number of sulfonamides is 1. The van der Waals surface area contributed by atoms with Gasteiger partial charge in [0.1, 0.15) is 0 Å². The Balaban J connectivity index is 2.15. The first kappa shape index (κ1) is 14.5. The number of rotatable bonds is 3. The van der Waals surface area contributed by atoms with Crippen molar-refractivity contribution < 1.29 is 13.2 Å². The molecule has 2 aromatic carbocycles. The van der Waals surface area contributed by atoms with Crippen molar-refractivity contribution in [2.75, 3.05) is 6.54 Å². The summed E-state index contributed by atoms with van der Waals surface area (Å²) in [6.07, 6.45) is 1.12. The molecular formula is C15H14ClNO3S. The topological polar surface area (TPSA) is 54.5 Å². The zero-order valence-electron chi connectivity index (χ0n) is 11.2. The highest BCUT2D eigenvalue weighted by molar-refractivity contribution is 7.89. The van der Waals surface area contributed by atoms with Crippen LogP contribution in [0.4, 0.5) is 0 Å². The molecule has 1 fully saturated rings. The minimum atomic E-state index is -3.73. The molecule has 1 saturated heterocycles. The summed E-state index contributed by atoms with van der Waals surface area (Å²) in [5, 5.41) is 0.899. The normalized spacial score (nSPS) is 20.0. The maximum absolute atomic E-state index is 12.9. The second-order valence-corrected chi connectivity index (χ2v) is 7.29. The zero-order valence-corrected chi connectivity index (χ0v) is 12.8. The standard InChI is InChI=1S/C15H14ClNO3S/c16-15(18)13-8-4-10-17(13)21(19,20)14-9-3-6-11-5-1-2-7-12(11)14/h1-3,5-7,9,13H,4,8,10H2/t13-/m0/s1. The fourth-order valence-corrected chi connectivity index (χ4v) is 4.96. The highest BCUT2D eigenvalue weighted by atomic mass is 35.5. The smallest absolute Gasteiger partial charge is 0.244 e. The van der Waals surface area contributed by atoms with Crippen molar-refractivity contribution in [3.05, 3.63) is 42.5 Å². The van der Waals surface area contributed by atoms with Crippen molar-refractivity contribution in [2.45, 2.75) is 23.8 Å². The van der Waals surface area contributed by atoms with Crippen LogP contribution in [0.5, 0.6) is 0 Å². The van der Waals surface area contributed by atoms with Gasteiger partial charge in [0, 0.05) is 11.9 Å². The van der Waals surface area contributed by atoms with Crippen LogP contribution in [-0.4, -0.2) is 30.6 Å². The Hall–Kier alpha value is -1.43. The van der Waals surface area contributed by atoms with Crippen molar-refractivity contribution in [1.29, 1.82) is 0 Å². The van der Waals surface area contributed by atoms with E-state index >= 15 is 0 Å². The number of benzene rings is 2. The molecule has 0 aromatic heterocycles. The molecule has 1 aliphatic rings. The summed E-state index contributed by atoms with van der Waals surface area (Å²) >= 11 is 5.55. The first-order chi connectivity index (χ1) is 10.0. The molecule has 1 heterocycles. The number of hydrogen-bond acceptors (Lipinski definition) is 3. The van der Waals surface area contributed by atoms with E-state index in [1.54, 1.807) is 24.3 Å². The summed E-state index contributed by atoms with van der Waals surface area (Å²) in [4.78, 5) is 11.7. The van der Waals surface area contributed by atoms with Crippen LogP contribution < -0.4 is 0 Å². The van der Waals surface area contributed by atoms with Crippen LogP contribution in [0, 0.1) is 0 Å². The molecule has 2 aromatic rings. The Morgan fingerprint density at radius 1 is 1.14 bits per heavy atom. The van der Waals surface area contributed by atoms with Gasteiger partial charge in [0.2, 0.25) is 15.3 Å². The fourth-order valence-electron chi connectivity index (χ4n) is 2.80. The van der Waals surface area contributed by atoms with E-state index in [2.05, 4.69) is 0 Å². The van der Waals surface area contributed by atoms with E-state index in [9.17, 15) is 13.2 Å². The van der Waals surface area contributed by atoms with E-state index in [0.717, 1.165) is 5.39 Å². The summed E-state index contributed by atoms with van der Waals surface area (Å²) in [6.45, 7) is 0.328. The van der Waals surface area contributed by atoms with E-state index in [-0.39, 0.29) is 4.90 Å². The number of nitrogens with zero attached hydrogens (tertiary/aromatic N) is 1. The van der Waals surface area contributed by atoms with Gasteiger partial charge >= 0.3 is 0 Å². The van der Waals surface area contributed by atoms with Gasteiger partial charge in [0.05, 0.1) is 10.9 Å². The molecule has 21 heavy (non-hydrogen) atoms. The molecule has 0 spiro atoms. The second kappa shape index (κ2) is 5.40. The Labute approximate surface area is 128 Å². The zero-order chi connectivity index (χ0) is 15.0. The number of halogens is 1. The van der Waals surface area contributed by atoms with Gasteiger partial charge in [-0.2, -0.15) is 4.31 Å². The van der Waals surface area contributed by atoms with Crippen molar-refractivity contribution in [1.82, 2.24) is 4.31 Å². The van der Waals surface area contributed by atoms with Crippen LogP contribution in [0.2, 0.25) is 0 Å². The van der Waals surface area contributed by atoms with Crippen LogP contribution in [0.25, 0.3) is 10.8 Å². The summed E-state index contributed by atoms with van der Waals surface area (Å²) in [7, 11) is -3.73. The van der Waals surface area contributed by atoms with E-state index in [0.29, 0.717) is 24.8 Å². The molecule has 1 atom stereocenters. The largest absolute Gasteiger partial charge is 0.279 e. The Morgan fingerprint density at radius 2 is 1.86 bits per heavy atom. The van der Waals surface area contributed by atoms with E-state index in [1.807, 2.05) is 18.2 Å². The molecule has 0 radical (unpaired) electrons. The lowest BCUT2D eigenvalue weighted by atomic mass is 10.1. The average Bonchev–Trinajstić information content (AvgIpc) is 2.97. The predicted octanol–water partition coefficient (Wildman–Crippen LogP) is 2.76. The number of hydrogen-bond donors (Lipinski definition) is 0. The van der Waals surface area contributed by atoms with Crippen molar-refractivity contribution in [3.8, 4) is 0 Å². The highest BCUT2D eigenvalue weighted by Gasteiger charge is 2.39. The molecule has 1 aliphatic heterocycles. The van der Waals surface area contributed by atoms with Crippen LogP contribution >= 0.6 is 11.6 Å². The van der Waals surface area contributed by atoms with E-state index < -0.39 is 21.3 Å². The molecule has 0 aliphatic carbocycles.